The summed E-state index contributed by atoms with van der Waals surface area (Å²) in [5, 5.41) is 5.00. The molecule has 1 amide bonds. The second-order valence-corrected chi connectivity index (χ2v) is 9.49. The van der Waals surface area contributed by atoms with Gasteiger partial charge < -0.3 is 19.1 Å². The summed E-state index contributed by atoms with van der Waals surface area (Å²) in [6, 6.07) is 10.8. The van der Waals surface area contributed by atoms with Crippen LogP contribution in [0.15, 0.2) is 50.8 Å². The summed E-state index contributed by atoms with van der Waals surface area (Å²) >= 11 is 3.43. The molecular weight excluding hydrogens is 540 g/mol. The van der Waals surface area contributed by atoms with Crippen LogP contribution in [0.4, 0.5) is 0 Å². The van der Waals surface area contributed by atoms with Crippen LogP contribution in [-0.2, 0) is 16.0 Å². The maximum atomic E-state index is 13.3. The highest BCUT2D eigenvalue weighted by atomic mass is 79.9. The lowest BCUT2D eigenvalue weighted by Gasteiger charge is -2.26. The SMILES string of the molecule is CCCCc1nc2ccc(Br)cc2c(=O)n1N=Cc1ccc(OCC(=O)N2CCOCC2)c(OCC)c1. The highest BCUT2D eigenvalue weighted by Gasteiger charge is 2.18. The van der Waals surface area contributed by atoms with Crippen LogP contribution in [-0.4, -0.2) is 66.2 Å². The van der Waals surface area contributed by atoms with Gasteiger partial charge in [-0.2, -0.15) is 9.78 Å². The Morgan fingerprint density at radius 2 is 1.95 bits per heavy atom. The molecule has 9 nitrogen and oxygen atoms in total. The smallest absolute Gasteiger partial charge is 0.282 e. The van der Waals surface area contributed by atoms with Gasteiger partial charge in [0.1, 0.15) is 5.82 Å². The highest BCUT2D eigenvalue weighted by Crippen LogP contribution is 2.28. The Hall–Kier alpha value is -3.24. The van der Waals surface area contributed by atoms with E-state index >= 15 is 0 Å². The second kappa shape index (κ2) is 12.8. The van der Waals surface area contributed by atoms with Crippen LogP contribution in [0.25, 0.3) is 10.9 Å². The molecule has 1 aromatic heterocycles. The number of halogens is 1. The van der Waals surface area contributed by atoms with Gasteiger partial charge in [-0.05, 0) is 55.3 Å². The van der Waals surface area contributed by atoms with Crippen LogP contribution in [0.2, 0.25) is 0 Å². The molecule has 196 valence electrons. The van der Waals surface area contributed by atoms with Crippen LogP contribution in [0.5, 0.6) is 11.5 Å². The zero-order valence-electron chi connectivity index (χ0n) is 21.1. The quantitative estimate of drug-likeness (QED) is 0.342. The fourth-order valence-electron chi connectivity index (χ4n) is 3.97. The summed E-state index contributed by atoms with van der Waals surface area (Å²) in [6.07, 6.45) is 4.12. The van der Waals surface area contributed by atoms with E-state index in [-0.39, 0.29) is 18.1 Å². The van der Waals surface area contributed by atoms with Gasteiger partial charge in [-0.25, -0.2) is 4.98 Å². The van der Waals surface area contributed by atoms with Crippen LogP contribution in [0.1, 0.15) is 38.1 Å². The van der Waals surface area contributed by atoms with E-state index in [1.165, 1.54) is 4.68 Å². The summed E-state index contributed by atoms with van der Waals surface area (Å²) in [4.78, 5) is 32.2. The van der Waals surface area contributed by atoms with E-state index in [0.29, 0.717) is 67.6 Å². The number of aromatic nitrogens is 2. The van der Waals surface area contributed by atoms with Gasteiger partial charge in [0.05, 0.1) is 36.9 Å². The van der Waals surface area contributed by atoms with Crippen molar-refractivity contribution >= 4 is 39.0 Å². The molecule has 3 aromatic rings. The van der Waals surface area contributed by atoms with Gasteiger partial charge in [-0.15, -0.1) is 0 Å². The van der Waals surface area contributed by atoms with Crippen molar-refractivity contribution in [2.75, 3.05) is 39.5 Å². The molecule has 0 aliphatic carbocycles. The maximum Gasteiger partial charge on any atom is 0.282 e. The lowest BCUT2D eigenvalue weighted by Crippen LogP contribution is -2.43. The maximum absolute atomic E-state index is 13.3. The van der Waals surface area contributed by atoms with Crippen molar-refractivity contribution in [2.24, 2.45) is 5.10 Å². The van der Waals surface area contributed by atoms with Crippen LogP contribution in [0, 0.1) is 0 Å². The largest absolute Gasteiger partial charge is 0.490 e. The first-order valence-electron chi connectivity index (χ1n) is 12.5. The first-order valence-corrected chi connectivity index (χ1v) is 13.3. The fourth-order valence-corrected chi connectivity index (χ4v) is 4.33. The fraction of sp³-hybridized carbons (Fsp3) is 0.407. The lowest BCUT2D eigenvalue weighted by molar-refractivity contribution is -0.137. The molecule has 0 saturated carbocycles. The number of hydrogen-bond acceptors (Lipinski definition) is 7. The minimum atomic E-state index is -0.222. The topological polar surface area (TPSA) is 95.3 Å². The molecule has 1 fully saturated rings. The number of nitrogens with zero attached hydrogens (tertiary/aromatic N) is 4. The van der Waals surface area contributed by atoms with E-state index in [1.54, 1.807) is 29.3 Å². The summed E-state index contributed by atoms with van der Waals surface area (Å²) in [7, 11) is 0. The Morgan fingerprint density at radius 1 is 1.14 bits per heavy atom. The number of amides is 1. The first kappa shape index (κ1) is 26.8. The Labute approximate surface area is 224 Å². The molecule has 1 aliphatic heterocycles. The third-order valence-corrected chi connectivity index (χ3v) is 6.43. The van der Waals surface area contributed by atoms with Gasteiger partial charge in [0.15, 0.2) is 18.1 Å². The van der Waals surface area contributed by atoms with Crippen molar-refractivity contribution in [1.29, 1.82) is 0 Å². The minimum absolute atomic E-state index is 0.0813. The Morgan fingerprint density at radius 3 is 2.70 bits per heavy atom. The first-order chi connectivity index (χ1) is 18.0. The van der Waals surface area contributed by atoms with E-state index in [4.69, 9.17) is 19.2 Å². The number of carbonyl (C=O) groups excluding carboxylic acids is 1. The number of rotatable bonds is 10. The lowest BCUT2D eigenvalue weighted by atomic mass is 10.2. The van der Waals surface area contributed by atoms with E-state index in [9.17, 15) is 9.59 Å². The summed E-state index contributed by atoms with van der Waals surface area (Å²) in [6.45, 7) is 6.53. The van der Waals surface area contributed by atoms with Crippen molar-refractivity contribution in [1.82, 2.24) is 14.6 Å². The zero-order valence-corrected chi connectivity index (χ0v) is 22.7. The molecule has 0 atom stereocenters. The molecular formula is C27H31BrN4O5. The minimum Gasteiger partial charge on any atom is -0.490 e. The average molecular weight is 571 g/mol. The molecule has 0 unspecified atom stereocenters. The summed E-state index contributed by atoms with van der Waals surface area (Å²) < 4.78 is 19.0. The van der Waals surface area contributed by atoms with E-state index in [0.717, 1.165) is 22.9 Å². The number of morpholine rings is 1. The van der Waals surface area contributed by atoms with Crippen LogP contribution in [0.3, 0.4) is 0 Å². The molecule has 1 saturated heterocycles. The standard InChI is InChI=1S/C27H31BrN4O5/c1-3-5-6-25-30-22-9-8-20(28)16-21(22)27(34)32(25)29-17-19-7-10-23(24(15-19)36-4-2)37-18-26(33)31-11-13-35-14-12-31/h7-10,15-17H,3-6,11-14,18H2,1-2H3. The molecule has 0 radical (unpaired) electrons. The summed E-state index contributed by atoms with van der Waals surface area (Å²) in [5.41, 5.74) is 1.15. The Balaban J connectivity index is 1.58. The number of hydrogen-bond donors (Lipinski definition) is 0. The van der Waals surface area contributed by atoms with Gasteiger partial charge >= 0.3 is 0 Å². The number of benzene rings is 2. The number of fused-ring (bicyclic) bond motifs is 1. The normalized spacial score (nSPS) is 13.9. The van der Waals surface area contributed by atoms with E-state index < -0.39 is 0 Å². The number of carbonyl (C=O) groups is 1. The van der Waals surface area contributed by atoms with Gasteiger partial charge in [-0.1, -0.05) is 29.3 Å². The third kappa shape index (κ3) is 6.75. The second-order valence-electron chi connectivity index (χ2n) is 8.58. The molecule has 0 N–H and O–H groups in total. The molecule has 2 heterocycles. The number of unbranched alkanes of at least 4 members (excludes halogenated alkanes) is 1. The predicted molar refractivity (Wildman–Crippen MR) is 146 cm³/mol. The molecule has 10 heteroatoms. The van der Waals surface area contributed by atoms with E-state index in [1.807, 2.05) is 25.1 Å². The molecule has 2 aromatic carbocycles. The predicted octanol–water partition coefficient (Wildman–Crippen LogP) is 4.02. The Bertz CT molecular complexity index is 1330. The van der Waals surface area contributed by atoms with Crippen molar-refractivity contribution in [3.05, 3.63) is 62.6 Å². The number of ether oxygens (including phenoxy) is 3. The molecule has 1 aliphatic rings. The van der Waals surface area contributed by atoms with Crippen LogP contribution < -0.4 is 15.0 Å². The third-order valence-electron chi connectivity index (χ3n) is 5.93. The van der Waals surface area contributed by atoms with E-state index in [2.05, 4.69) is 28.0 Å². The van der Waals surface area contributed by atoms with Gasteiger partial charge in [-0.3, -0.25) is 9.59 Å². The molecule has 0 bridgehead atoms. The van der Waals surface area contributed by atoms with Crippen molar-refractivity contribution in [3.63, 3.8) is 0 Å². The molecule has 0 spiro atoms. The monoisotopic (exact) mass is 570 g/mol. The number of aryl methyl sites for hydroxylation is 1. The van der Waals surface area contributed by atoms with Crippen molar-refractivity contribution in [3.8, 4) is 11.5 Å². The Kier molecular flexibility index (Phi) is 9.29. The summed E-state index contributed by atoms with van der Waals surface area (Å²) in [5.74, 6) is 1.49. The van der Waals surface area contributed by atoms with Crippen LogP contribution >= 0.6 is 15.9 Å². The average Bonchev–Trinajstić information content (AvgIpc) is 2.92. The van der Waals surface area contributed by atoms with Gasteiger partial charge in [0.2, 0.25) is 0 Å². The highest BCUT2D eigenvalue weighted by molar-refractivity contribution is 9.10. The van der Waals surface area contributed by atoms with Crippen molar-refractivity contribution in [2.45, 2.75) is 33.1 Å². The molecule has 37 heavy (non-hydrogen) atoms. The van der Waals surface area contributed by atoms with Crippen molar-refractivity contribution < 1.29 is 19.0 Å². The molecule has 4 rings (SSSR count). The van der Waals surface area contributed by atoms with Gasteiger partial charge in [0, 0.05) is 24.0 Å². The van der Waals surface area contributed by atoms with Gasteiger partial charge in [0.25, 0.3) is 11.5 Å². The zero-order chi connectivity index (χ0) is 26.2.